The largest absolute Gasteiger partial charge is 0.420 e. The second-order valence-electron chi connectivity index (χ2n) is 5.46. The van der Waals surface area contributed by atoms with E-state index in [2.05, 4.69) is 0 Å². The van der Waals surface area contributed by atoms with Crippen LogP contribution in [0.4, 0.5) is 0 Å². The number of rotatable bonds is 4. The third-order valence-electron chi connectivity index (χ3n) is 3.70. The lowest BCUT2D eigenvalue weighted by Gasteiger charge is -2.11. The number of oxazole rings is 1. The Hall–Kier alpha value is -2.09. The van der Waals surface area contributed by atoms with Gasteiger partial charge in [0.1, 0.15) is 0 Å². The van der Waals surface area contributed by atoms with Crippen LogP contribution in [0.5, 0.6) is 0 Å². The van der Waals surface area contributed by atoms with Gasteiger partial charge in [0.2, 0.25) is 10.0 Å². The zero-order valence-electron chi connectivity index (χ0n) is 13.1. The summed E-state index contributed by atoms with van der Waals surface area (Å²) in [6, 6.07) is 11.6. The van der Waals surface area contributed by atoms with Crippen molar-refractivity contribution in [2.45, 2.75) is 11.4 Å². The van der Waals surface area contributed by atoms with E-state index in [9.17, 15) is 13.2 Å². The first kappa shape index (κ1) is 16.8. The van der Waals surface area contributed by atoms with E-state index >= 15 is 0 Å². The Bertz CT molecular complexity index is 1070. The topological polar surface area (TPSA) is 72.5 Å². The lowest BCUT2D eigenvalue weighted by atomic mass is 10.2. The van der Waals surface area contributed by atoms with Gasteiger partial charge in [0.05, 0.1) is 17.0 Å². The molecule has 3 aromatic rings. The van der Waals surface area contributed by atoms with Gasteiger partial charge in [-0.05, 0) is 23.8 Å². The average molecular weight is 367 g/mol. The molecule has 0 saturated heterocycles. The molecule has 1 heterocycles. The molecule has 0 aliphatic heterocycles. The van der Waals surface area contributed by atoms with E-state index in [4.69, 9.17) is 16.0 Å². The fraction of sp³-hybridized carbons (Fsp3) is 0.188. The predicted molar refractivity (Wildman–Crippen MR) is 91.9 cm³/mol. The molecular weight excluding hydrogens is 352 g/mol. The Balaban J connectivity index is 2.11. The molecule has 0 unspecified atom stereocenters. The van der Waals surface area contributed by atoms with Gasteiger partial charge in [0, 0.05) is 25.2 Å². The van der Waals surface area contributed by atoms with Crippen LogP contribution in [0, 0.1) is 0 Å². The maximum atomic E-state index is 12.2. The maximum absolute atomic E-state index is 12.2. The second kappa shape index (κ2) is 6.08. The zero-order chi connectivity index (χ0) is 17.5. The highest BCUT2D eigenvalue weighted by atomic mass is 35.5. The molecule has 0 atom stereocenters. The molecule has 0 radical (unpaired) electrons. The predicted octanol–water partition coefficient (Wildman–Crippen LogP) is 2.55. The molecule has 0 amide bonds. The summed E-state index contributed by atoms with van der Waals surface area (Å²) in [6.45, 7) is 0.241. The molecule has 8 heteroatoms. The smallest absolute Gasteiger partial charge is 0.408 e. The molecule has 3 rings (SSSR count). The van der Waals surface area contributed by atoms with Gasteiger partial charge in [-0.3, -0.25) is 4.57 Å². The molecule has 0 saturated carbocycles. The first-order valence-corrected chi connectivity index (χ1v) is 8.92. The summed E-state index contributed by atoms with van der Waals surface area (Å²) in [5, 5.41) is 0.547. The van der Waals surface area contributed by atoms with E-state index in [1.54, 1.807) is 18.2 Å². The second-order valence-corrected chi connectivity index (χ2v) is 8.02. The van der Waals surface area contributed by atoms with Gasteiger partial charge < -0.3 is 4.42 Å². The number of benzene rings is 2. The Morgan fingerprint density at radius 1 is 1.17 bits per heavy atom. The Morgan fingerprint density at radius 2 is 1.88 bits per heavy atom. The summed E-state index contributed by atoms with van der Waals surface area (Å²) in [6.07, 6.45) is 0. The number of fused-ring (bicyclic) bond motifs is 1. The van der Waals surface area contributed by atoms with Crippen LogP contribution >= 0.6 is 11.6 Å². The van der Waals surface area contributed by atoms with Crippen LogP contribution in [0.1, 0.15) is 5.56 Å². The van der Waals surface area contributed by atoms with Crippen LogP contribution in [-0.2, 0) is 16.6 Å². The molecule has 1 aromatic heterocycles. The summed E-state index contributed by atoms with van der Waals surface area (Å²) in [7, 11) is -0.711. The number of sulfonamides is 1. The van der Waals surface area contributed by atoms with Crippen molar-refractivity contribution in [2.75, 3.05) is 14.1 Å². The van der Waals surface area contributed by atoms with E-state index in [-0.39, 0.29) is 17.0 Å². The van der Waals surface area contributed by atoms with Crippen molar-refractivity contribution >= 4 is 32.7 Å². The van der Waals surface area contributed by atoms with Gasteiger partial charge in [0.25, 0.3) is 0 Å². The molecule has 0 N–H and O–H groups in total. The molecule has 0 fully saturated rings. The van der Waals surface area contributed by atoms with Crippen molar-refractivity contribution in [3.05, 3.63) is 63.6 Å². The molecule has 0 bridgehead atoms. The Kier molecular flexibility index (Phi) is 4.25. The summed E-state index contributed by atoms with van der Waals surface area (Å²) < 4.78 is 32.1. The highest BCUT2D eigenvalue weighted by Crippen LogP contribution is 2.22. The number of nitrogens with zero attached hydrogens (tertiary/aromatic N) is 2. The molecule has 126 valence electrons. The number of halogens is 1. The van der Waals surface area contributed by atoms with Crippen molar-refractivity contribution in [3.8, 4) is 0 Å². The van der Waals surface area contributed by atoms with Crippen molar-refractivity contribution in [2.24, 2.45) is 0 Å². The normalized spacial score (nSPS) is 12.2. The van der Waals surface area contributed by atoms with E-state index < -0.39 is 15.8 Å². The monoisotopic (exact) mass is 366 g/mol. The van der Waals surface area contributed by atoms with Gasteiger partial charge in [-0.1, -0.05) is 29.8 Å². The number of aromatic nitrogens is 1. The molecule has 0 aliphatic carbocycles. The van der Waals surface area contributed by atoms with Crippen molar-refractivity contribution in [1.82, 2.24) is 8.87 Å². The van der Waals surface area contributed by atoms with Gasteiger partial charge in [-0.25, -0.2) is 17.5 Å². The summed E-state index contributed by atoms with van der Waals surface area (Å²) in [5.74, 6) is -0.565. The van der Waals surface area contributed by atoms with Crippen molar-refractivity contribution in [3.63, 3.8) is 0 Å². The van der Waals surface area contributed by atoms with Crippen LogP contribution in [0.15, 0.2) is 56.6 Å². The fourth-order valence-corrected chi connectivity index (χ4v) is 3.48. The molecule has 0 aliphatic rings. The molecule has 24 heavy (non-hydrogen) atoms. The van der Waals surface area contributed by atoms with E-state index in [1.807, 2.05) is 12.1 Å². The molecule has 0 spiro atoms. The van der Waals surface area contributed by atoms with Crippen LogP contribution < -0.4 is 5.76 Å². The SMILES string of the molecule is CN(C)S(=O)(=O)c1ccc2c(c1)oc(=O)n2Cc1ccccc1Cl. The Labute approximate surface area is 143 Å². The first-order valence-electron chi connectivity index (χ1n) is 7.10. The third-order valence-corrected chi connectivity index (χ3v) is 5.88. The van der Waals surface area contributed by atoms with Crippen LogP contribution in [0.2, 0.25) is 5.02 Å². The summed E-state index contributed by atoms with van der Waals surface area (Å²) >= 11 is 6.13. The minimum absolute atomic E-state index is 0.0682. The van der Waals surface area contributed by atoms with E-state index in [0.717, 1.165) is 9.87 Å². The van der Waals surface area contributed by atoms with Gasteiger partial charge in [0.15, 0.2) is 5.58 Å². The quantitative estimate of drug-likeness (QED) is 0.711. The van der Waals surface area contributed by atoms with Crippen molar-refractivity contribution in [1.29, 1.82) is 0 Å². The summed E-state index contributed by atoms with van der Waals surface area (Å²) in [4.78, 5) is 12.2. The number of hydrogen-bond acceptors (Lipinski definition) is 4. The lowest BCUT2D eigenvalue weighted by molar-refractivity contribution is 0.513. The van der Waals surface area contributed by atoms with Gasteiger partial charge in [-0.2, -0.15) is 0 Å². The minimum Gasteiger partial charge on any atom is -0.408 e. The Morgan fingerprint density at radius 3 is 2.54 bits per heavy atom. The summed E-state index contributed by atoms with van der Waals surface area (Å²) in [5.41, 5.74) is 1.50. The first-order chi connectivity index (χ1) is 11.3. The average Bonchev–Trinajstić information content (AvgIpc) is 2.84. The third kappa shape index (κ3) is 2.86. The zero-order valence-corrected chi connectivity index (χ0v) is 14.6. The highest BCUT2D eigenvalue weighted by Gasteiger charge is 2.20. The number of hydrogen-bond donors (Lipinski definition) is 0. The highest BCUT2D eigenvalue weighted by molar-refractivity contribution is 7.89. The lowest BCUT2D eigenvalue weighted by Crippen LogP contribution is -2.22. The molecule has 6 nitrogen and oxygen atoms in total. The van der Waals surface area contributed by atoms with E-state index in [1.165, 1.54) is 30.8 Å². The van der Waals surface area contributed by atoms with Crippen LogP contribution in [0.25, 0.3) is 11.1 Å². The maximum Gasteiger partial charge on any atom is 0.420 e. The van der Waals surface area contributed by atoms with Crippen LogP contribution in [0.3, 0.4) is 0 Å². The minimum atomic E-state index is -3.60. The molecular formula is C16H15ClN2O4S. The van der Waals surface area contributed by atoms with E-state index in [0.29, 0.717) is 10.5 Å². The molecule has 2 aromatic carbocycles. The van der Waals surface area contributed by atoms with Crippen LogP contribution in [-0.4, -0.2) is 31.4 Å². The van der Waals surface area contributed by atoms with Crippen molar-refractivity contribution < 1.29 is 12.8 Å². The fourth-order valence-electron chi connectivity index (χ4n) is 2.36. The van der Waals surface area contributed by atoms with Gasteiger partial charge >= 0.3 is 5.76 Å². The van der Waals surface area contributed by atoms with Gasteiger partial charge in [-0.15, -0.1) is 0 Å². The standard InChI is InChI=1S/C16H15ClN2O4S/c1-18(2)24(21,22)12-7-8-14-15(9-12)23-16(20)19(14)10-11-5-3-4-6-13(11)17/h3-9H,10H2,1-2H3.